The Labute approximate surface area is 168 Å². The van der Waals surface area contributed by atoms with E-state index < -0.39 is 5.79 Å². The van der Waals surface area contributed by atoms with Crippen LogP contribution in [0.4, 0.5) is 11.6 Å². The molecule has 0 bridgehead atoms. The second kappa shape index (κ2) is 6.81. The summed E-state index contributed by atoms with van der Waals surface area (Å²) in [5, 5.41) is 3.09. The van der Waals surface area contributed by atoms with Crippen molar-refractivity contribution in [2.24, 2.45) is 0 Å². The van der Waals surface area contributed by atoms with Crippen molar-refractivity contribution in [2.75, 3.05) is 23.3 Å². The minimum atomic E-state index is -0.522. The fourth-order valence-corrected chi connectivity index (χ4v) is 4.24. The summed E-state index contributed by atoms with van der Waals surface area (Å²) in [5.74, 6) is 1.02. The predicted molar refractivity (Wildman–Crippen MR) is 105 cm³/mol. The third-order valence-corrected chi connectivity index (χ3v) is 5.77. The van der Waals surface area contributed by atoms with Gasteiger partial charge in [-0.25, -0.2) is 9.97 Å². The number of amides is 1. The molecule has 5 rings (SSSR count). The third kappa shape index (κ3) is 3.13. The summed E-state index contributed by atoms with van der Waals surface area (Å²) < 4.78 is 12.1. The lowest BCUT2D eigenvalue weighted by Crippen LogP contribution is -2.34. The van der Waals surface area contributed by atoms with Crippen LogP contribution < -0.4 is 19.7 Å². The Balaban J connectivity index is 1.34. The smallest absolute Gasteiger partial charge is 0.276 e. The lowest BCUT2D eigenvalue weighted by Gasteiger charge is -2.21. The average molecular weight is 401 g/mol. The molecule has 0 atom stereocenters. The summed E-state index contributed by atoms with van der Waals surface area (Å²) in [6, 6.07) is 5.41. The number of hydrogen-bond donors (Lipinski definition) is 1. The molecule has 146 valence electrons. The number of anilines is 2. The Morgan fingerprint density at radius 1 is 1.11 bits per heavy atom. The van der Waals surface area contributed by atoms with Gasteiger partial charge in [0.1, 0.15) is 0 Å². The van der Waals surface area contributed by atoms with Gasteiger partial charge in [0.2, 0.25) is 5.95 Å². The first-order valence-corrected chi connectivity index (χ1v) is 10.1. The van der Waals surface area contributed by atoms with E-state index in [2.05, 4.69) is 20.2 Å². The van der Waals surface area contributed by atoms with Gasteiger partial charge in [0.15, 0.2) is 17.2 Å². The quantitative estimate of drug-likeness (QED) is 0.838. The van der Waals surface area contributed by atoms with Crippen LogP contribution in [0.3, 0.4) is 0 Å². The molecule has 1 N–H and O–H groups in total. The van der Waals surface area contributed by atoms with Gasteiger partial charge in [0, 0.05) is 37.7 Å². The van der Waals surface area contributed by atoms with Crippen molar-refractivity contribution in [3.05, 3.63) is 35.1 Å². The molecule has 3 heterocycles. The van der Waals surface area contributed by atoms with E-state index in [0.29, 0.717) is 17.4 Å². The number of halogens is 1. The van der Waals surface area contributed by atoms with Crippen molar-refractivity contribution in [1.82, 2.24) is 9.97 Å². The van der Waals surface area contributed by atoms with Crippen LogP contribution in [0.25, 0.3) is 0 Å². The van der Waals surface area contributed by atoms with Crippen LogP contribution in [0, 0.1) is 0 Å². The van der Waals surface area contributed by atoms with Crippen LogP contribution in [0.15, 0.2) is 24.4 Å². The molecule has 1 amide bonds. The van der Waals surface area contributed by atoms with Gasteiger partial charge >= 0.3 is 0 Å². The van der Waals surface area contributed by atoms with Crippen molar-refractivity contribution in [1.29, 1.82) is 0 Å². The molecule has 7 nitrogen and oxygen atoms in total. The Bertz CT molecular complexity index is 924. The maximum atomic E-state index is 12.8. The Morgan fingerprint density at radius 2 is 1.86 bits per heavy atom. The van der Waals surface area contributed by atoms with Gasteiger partial charge in [-0.2, -0.15) is 0 Å². The standard InChI is InChI=1S/C20H21ClN4O3/c21-14-12-22-19(25-9-3-4-10-25)24-17(14)18(26)23-13-5-6-15-16(11-13)28-20(27-15)7-1-2-8-20/h5-6,11-12H,1-4,7-10H2,(H,23,26). The van der Waals surface area contributed by atoms with Gasteiger partial charge in [0.05, 0.1) is 11.2 Å². The molecule has 1 saturated carbocycles. The first-order valence-electron chi connectivity index (χ1n) is 9.73. The zero-order chi connectivity index (χ0) is 19.1. The summed E-state index contributed by atoms with van der Waals surface area (Å²) >= 11 is 6.19. The number of hydrogen-bond acceptors (Lipinski definition) is 6. The maximum Gasteiger partial charge on any atom is 0.276 e. The lowest BCUT2D eigenvalue weighted by atomic mass is 10.2. The summed E-state index contributed by atoms with van der Waals surface area (Å²) in [7, 11) is 0. The van der Waals surface area contributed by atoms with E-state index in [1.165, 1.54) is 6.20 Å². The Kier molecular flexibility index (Phi) is 4.27. The molecule has 0 radical (unpaired) electrons. The number of fused-ring (bicyclic) bond motifs is 1. The summed E-state index contributed by atoms with van der Waals surface area (Å²) in [4.78, 5) is 23.5. The van der Waals surface area contributed by atoms with Crippen LogP contribution in [0.5, 0.6) is 11.5 Å². The van der Waals surface area contributed by atoms with E-state index in [1.54, 1.807) is 12.1 Å². The number of carbonyl (C=O) groups excluding carboxylic acids is 1. The molecule has 0 unspecified atom stereocenters. The van der Waals surface area contributed by atoms with Gasteiger partial charge in [-0.05, 0) is 37.8 Å². The van der Waals surface area contributed by atoms with Crippen LogP contribution in [0.2, 0.25) is 5.02 Å². The van der Waals surface area contributed by atoms with E-state index in [0.717, 1.165) is 57.4 Å². The SMILES string of the molecule is O=C(Nc1ccc2c(c1)OC1(CCCC1)O2)c1nc(N2CCCC2)ncc1Cl. The number of ether oxygens (including phenoxy) is 2. The highest BCUT2D eigenvalue weighted by atomic mass is 35.5. The molecule has 1 spiro atoms. The first-order chi connectivity index (χ1) is 13.6. The number of benzene rings is 1. The van der Waals surface area contributed by atoms with E-state index in [-0.39, 0.29) is 16.6 Å². The average Bonchev–Trinajstić information content (AvgIpc) is 3.43. The fourth-order valence-electron chi connectivity index (χ4n) is 4.07. The molecular formula is C20H21ClN4O3. The van der Waals surface area contributed by atoms with Crippen molar-refractivity contribution in [3.8, 4) is 11.5 Å². The first kappa shape index (κ1) is 17.6. The second-order valence-electron chi connectivity index (χ2n) is 7.50. The molecule has 2 aromatic rings. The molecular weight excluding hydrogens is 380 g/mol. The van der Waals surface area contributed by atoms with E-state index in [4.69, 9.17) is 21.1 Å². The normalized spacial score (nSPS) is 19.4. The molecule has 1 aromatic heterocycles. The zero-order valence-corrected chi connectivity index (χ0v) is 16.2. The van der Waals surface area contributed by atoms with Crippen molar-refractivity contribution in [2.45, 2.75) is 44.3 Å². The highest BCUT2D eigenvalue weighted by molar-refractivity contribution is 6.34. The van der Waals surface area contributed by atoms with E-state index in [9.17, 15) is 4.79 Å². The van der Waals surface area contributed by atoms with Crippen molar-refractivity contribution in [3.63, 3.8) is 0 Å². The summed E-state index contributed by atoms with van der Waals surface area (Å²) in [5.41, 5.74) is 0.781. The Morgan fingerprint density at radius 3 is 2.64 bits per heavy atom. The number of rotatable bonds is 3. The molecule has 1 aliphatic carbocycles. The van der Waals surface area contributed by atoms with Gasteiger partial charge in [-0.1, -0.05) is 11.6 Å². The second-order valence-corrected chi connectivity index (χ2v) is 7.91. The van der Waals surface area contributed by atoms with Crippen LogP contribution in [-0.4, -0.2) is 34.8 Å². The molecule has 8 heteroatoms. The molecule has 2 fully saturated rings. The summed E-state index contributed by atoms with van der Waals surface area (Å²) in [6.07, 6.45) is 7.67. The number of nitrogens with zero attached hydrogens (tertiary/aromatic N) is 3. The zero-order valence-electron chi connectivity index (χ0n) is 15.4. The van der Waals surface area contributed by atoms with Crippen molar-refractivity contribution >= 4 is 29.1 Å². The van der Waals surface area contributed by atoms with Gasteiger partial charge in [-0.15, -0.1) is 0 Å². The maximum absolute atomic E-state index is 12.8. The van der Waals surface area contributed by atoms with Crippen molar-refractivity contribution < 1.29 is 14.3 Å². The highest BCUT2D eigenvalue weighted by Gasteiger charge is 2.44. The predicted octanol–water partition coefficient (Wildman–Crippen LogP) is 4.02. The topological polar surface area (TPSA) is 76.6 Å². The van der Waals surface area contributed by atoms with Crippen LogP contribution in [0.1, 0.15) is 49.0 Å². The molecule has 2 aliphatic heterocycles. The molecule has 1 saturated heterocycles. The minimum absolute atomic E-state index is 0.170. The van der Waals surface area contributed by atoms with Crippen LogP contribution in [-0.2, 0) is 0 Å². The number of aromatic nitrogens is 2. The fraction of sp³-hybridized carbons (Fsp3) is 0.450. The van der Waals surface area contributed by atoms with Gasteiger partial charge in [-0.3, -0.25) is 4.79 Å². The minimum Gasteiger partial charge on any atom is -0.448 e. The number of carbonyl (C=O) groups is 1. The molecule has 3 aliphatic rings. The molecule has 1 aromatic carbocycles. The van der Waals surface area contributed by atoms with Crippen LogP contribution >= 0.6 is 11.6 Å². The summed E-state index contributed by atoms with van der Waals surface area (Å²) in [6.45, 7) is 1.79. The largest absolute Gasteiger partial charge is 0.448 e. The third-order valence-electron chi connectivity index (χ3n) is 5.49. The van der Waals surface area contributed by atoms with Gasteiger partial charge < -0.3 is 19.7 Å². The van der Waals surface area contributed by atoms with E-state index >= 15 is 0 Å². The van der Waals surface area contributed by atoms with E-state index in [1.807, 2.05) is 6.07 Å². The highest BCUT2D eigenvalue weighted by Crippen LogP contribution is 2.47. The monoisotopic (exact) mass is 400 g/mol. The molecule has 28 heavy (non-hydrogen) atoms. The number of nitrogens with one attached hydrogen (secondary N) is 1. The lowest BCUT2D eigenvalue weighted by molar-refractivity contribution is -0.0716. The Hall–Kier alpha value is -2.54. The van der Waals surface area contributed by atoms with Gasteiger partial charge in [0.25, 0.3) is 11.7 Å².